The van der Waals surface area contributed by atoms with Crippen LogP contribution in [0.2, 0.25) is 0 Å². The average Bonchev–Trinajstić information content (AvgIpc) is 3.54. The molecule has 2 aromatic carbocycles. The highest BCUT2D eigenvalue weighted by atomic mass is 32.2. The van der Waals surface area contributed by atoms with Crippen molar-refractivity contribution in [1.82, 2.24) is 19.7 Å². The van der Waals surface area contributed by atoms with Crippen molar-refractivity contribution in [2.24, 2.45) is 0 Å². The Morgan fingerprint density at radius 3 is 2.71 bits per heavy atom. The summed E-state index contributed by atoms with van der Waals surface area (Å²) >= 11 is 8.41. The van der Waals surface area contributed by atoms with Crippen molar-refractivity contribution >= 4 is 61.8 Å². The fraction of sp³-hybridized carbons (Fsp3) is 0.200. The van der Waals surface area contributed by atoms with Crippen LogP contribution < -0.4 is 0 Å². The minimum absolute atomic E-state index is 0.0748. The summed E-state index contributed by atoms with van der Waals surface area (Å²) in [5.41, 5.74) is 3.45. The van der Waals surface area contributed by atoms with Gasteiger partial charge in [0.15, 0.2) is 0 Å². The minimum Gasteiger partial charge on any atom is -0.382 e. The lowest BCUT2D eigenvalue weighted by molar-refractivity contribution is -0.122. The maximum Gasteiger partial charge on any atom is 0.266 e. The van der Waals surface area contributed by atoms with Crippen LogP contribution in [-0.4, -0.2) is 49.7 Å². The zero-order valence-electron chi connectivity index (χ0n) is 18.5. The summed E-state index contributed by atoms with van der Waals surface area (Å²) in [7, 11) is 0. The molecule has 0 bridgehead atoms. The molecule has 34 heavy (non-hydrogen) atoms. The van der Waals surface area contributed by atoms with Crippen LogP contribution >= 0.6 is 35.3 Å². The molecule has 172 valence electrons. The molecule has 0 atom stereocenters. The Morgan fingerprint density at radius 1 is 1.12 bits per heavy atom. The molecule has 1 aliphatic heterocycles. The molecule has 2 aromatic heterocycles. The van der Waals surface area contributed by atoms with Gasteiger partial charge in [-0.25, -0.2) is 9.67 Å². The second-order valence-electron chi connectivity index (χ2n) is 7.58. The van der Waals surface area contributed by atoms with Gasteiger partial charge >= 0.3 is 0 Å². The van der Waals surface area contributed by atoms with Gasteiger partial charge in [0.25, 0.3) is 5.91 Å². The van der Waals surface area contributed by atoms with Crippen molar-refractivity contribution in [3.05, 3.63) is 71.3 Å². The summed E-state index contributed by atoms with van der Waals surface area (Å²) in [5.74, 6) is -0.0748. The number of ether oxygens (including phenoxy) is 1. The van der Waals surface area contributed by atoms with Crippen LogP contribution in [0.25, 0.3) is 32.7 Å². The largest absolute Gasteiger partial charge is 0.382 e. The average molecular weight is 507 g/mol. The zero-order chi connectivity index (χ0) is 23.5. The summed E-state index contributed by atoms with van der Waals surface area (Å²) in [6.07, 6.45) is 4.57. The molecule has 0 unspecified atom stereocenters. The van der Waals surface area contributed by atoms with E-state index in [1.165, 1.54) is 11.8 Å². The maximum absolute atomic E-state index is 13.1. The first-order valence-electron chi connectivity index (χ1n) is 11.0. The number of hydrogen-bond donors (Lipinski definition) is 0. The highest BCUT2D eigenvalue weighted by molar-refractivity contribution is 8.26. The highest BCUT2D eigenvalue weighted by Gasteiger charge is 2.32. The second-order valence-corrected chi connectivity index (χ2v) is 10.3. The van der Waals surface area contributed by atoms with Crippen molar-refractivity contribution in [2.45, 2.75) is 13.3 Å². The molecule has 0 aliphatic carbocycles. The molecule has 0 saturated carbocycles. The predicted molar refractivity (Wildman–Crippen MR) is 143 cm³/mol. The quantitative estimate of drug-likeness (QED) is 0.172. The molecule has 4 aromatic rings. The van der Waals surface area contributed by atoms with E-state index >= 15 is 0 Å². The van der Waals surface area contributed by atoms with Crippen molar-refractivity contribution in [3.8, 4) is 16.4 Å². The Morgan fingerprint density at radius 2 is 1.91 bits per heavy atom. The molecular formula is C25H22N4O2S3. The lowest BCUT2D eigenvalue weighted by atomic mass is 10.2. The monoisotopic (exact) mass is 506 g/mol. The smallest absolute Gasteiger partial charge is 0.266 e. The number of thiazole rings is 1. The third-order valence-corrected chi connectivity index (χ3v) is 7.72. The molecular weight excluding hydrogens is 485 g/mol. The molecule has 1 amide bonds. The number of carbonyl (C=O) groups is 1. The number of hydrogen-bond acceptors (Lipinski definition) is 7. The topological polar surface area (TPSA) is 60.2 Å². The Kier molecular flexibility index (Phi) is 6.87. The summed E-state index contributed by atoms with van der Waals surface area (Å²) in [4.78, 5) is 20.2. The summed E-state index contributed by atoms with van der Waals surface area (Å²) in [6.45, 7) is 3.79. The molecule has 0 spiro atoms. The number of thiocarbonyl (C=S) groups is 1. The van der Waals surface area contributed by atoms with Crippen molar-refractivity contribution in [1.29, 1.82) is 0 Å². The van der Waals surface area contributed by atoms with E-state index in [0.717, 1.165) is 38.6 Å². The van der Waals surface area contributed by atoms with E-state index in [-0.39, 0.29) is 5.91 Å². The van der Waals surface area contributed by atoms with Crippen LogP contribution in [-0.2, 0) is 9.53 Å². The van der Waals surface area contributed by atoms with E-state index in [2.05, 4.69) is 6.07 Å². The molecule has 1 aliphatic rings. The van der Waals surface area contributed by atoms with Crippen LogP contribution in [0, 0.1) is 0 Å². The first-order valence-corrected chi connectivity index (χ1v) is 13.0. The van der Waals surface area contributed by atoms with Crippen molar-refractivity contribution < 1.29 is 9.53 Å². The van der Waals surface area contributed by atoms with Gasteiger partial charge in [0, 0.05) is 31.5 Å². The van der Waals surface area contributed by atoms with Crippen molar-refractivity contribution in [2.75, 3.05) is 19.8 Å². The molecule has 0 radical (unpaired) electrons. The number of fused-ring (bicyclic) bond motifs is 1. The normalized spacial score (nSPS) is 15.2. The standard InChI is InChI=1S/C25H22N4O2S3/c1-2-31-14-8-13-28-24(30)21(34-25(28)32)15-17-16-29(18-9-4-3-5-10-18)27-22(17)23-26-19-11-6-7-12-20(19)33-23/h3-7,9-12,15-16H,2,8,13-14H2,1H3. The van der Waals surface area contributed by atoms with E-state index < -0.39 is 0 Å². The Bertz CT molecular complexity index is 1340. The van der Waals surface area contributed by atoms with Crippen LogP contribution in [0.5, 0.6) is 0 Å². The minimum atomic E-state index is -0.0748. The van der Waals surface area contributed by atoms with Crippen LogP contribution in [0.3, 0.4) is 0 Å². The van der Waals surface area contributed by atoms with Gasteiger partial charge in [-0.1, -0.05) is 54.3 Å². The summed E-state index contributed by atoms with van der Waals surface area (Å²) in [6, 6.07) is 17.9. The third kappa shape index (κ3) is 4.69. The number of carbonyl (C=O) groups excluding carboxylic acids is 1. The molecule has 9 heteroatoms. The SMILES string of the molecule is CCOCCCN1C(=O)C(=Cc2cn(-c3ccccc3)nc2-c2nc3ccccc3s2)SC1=S. The van der Waals surface area contributed by atoms with E-state index in [4.69, 9.17) is 27.0 Å². The lowest BCUT2D eigenvalue weighted by Gasteiger charge is -2.13. The number of para-hydroxylation sites is 2. The Balaban J connectivity index is 1.51. The van der Waals surface area contributed by atoms with Crippen LogP contribution in [0.15, 0.2) is 65.7 Å². The van der Waals surface area contributed by atoms with Gasteiger partial charge < -0.3 is 4.74 Å². The molecule has 0 N–H and O–H groups in total. The van der Waals surface area contributed by atoms with Gasteiger partial charge in [-0.2, -0.15) is 5.10 Å². The number of nitrogens with zero attached hydrogens (tertiary/aromatic N) is 4. The van der Waals surface area contributed by atoms with Gasteiger partial charge in [-0.15, -0.1) is 11.3 Å². The third-order valence-electron chi connectivity index (χ3n) is 5.29. The van der Waals surface area contributed by atoms with Gasteiger partial charge in [-0.3, -0.25) is 9.69 Å². The number of benzene rings is 2. The predicted octanol–water partition coefficient (Wildman–Crippen LogP) is 5.78. The number of aromatic nitrogens is 3. The second kappa shape index (κ2) is 10.2. The lowest BCUT2D eigenvalue weighted by Crippen LogP contribution is -2.29. The maximum atomic E-state index is 13.1. The molecule has 6 nitrogen and oxygen atoms in total. The fourth-order valence-electron chi connectivity index (χ4n) is 3.65. The van der Waals surface area contributed by atoms with Gasteiger partial charge in [0.2, 0.25) is 0 Å². The Labute approximate surface area is 211 Å². The van der Waals surface area contributed by atoms with E-state index in [1.807, 2.05) is 72.4 Å². The zero-order valence-corrected chi connectivity index (χ0v) is 21.0. The number of amides is 1. The summed E-state index contributed by atoms with van der Waals surface area (Å²) < 4.78 is 8.90. The van der Waals surface area contributed by atoms with E-state index in [9.17, 15) is 4.79 Å². The molecule has 1 fully saturated rings. The van der Waals surface area contributed by atoms with Crippen molar-refractivity contribution in [3.63, 3.8) is 0 Å². The van der Waals surface area contributed by atoms with E-state index in [1.54, 1.807) is 16.2 Å². The first kappa shape index (κ1) is 22.9. The number of thioether (sulfide) groups is 1. The Hall–Kier alpha value is -2.85. The van der Waals surface area contributed by atoms with Gasteiger partial charge in [-0.05, 0) is 43.7 Å². The van der Waals surface area contributed by atoms with Gasteiger partial charge in [0.1, 0.15) is 15.0 Å². The highest BCUT2D eigenvalue weighted by Crippen LogP contribution is 2.36. The first-order chi connectivity index (χ1) is 16.6. The summed E-state index contributed by atoms with van der Waals surface area (Å²) in [5, 5.41) is 5.67. The molecule has 5 rings (SSSR count). The molecule has 1 saturated heterocycles. The number of rotatable bonds is 8. The molecule has 3 heterocycles. The van der Waals surface area contributed by atoms with Crippen LogP contribution in [0.1, 0.15) is 18.9 Å². The van der Waals surface area contributed by atoms with Crippen LogP contribution in [0.4, 0.5) is 0 Å². The fourth-order valence-corrected chi connectivity index (χ4v) is 5.92. The van der Waals surface area contributed by atoms with Gasteiger partial charge in [0.05, 0.1) is 20.8 Å². The van der Waals surface area contributed by atoms with E-state index in [0.29, 0.717) is 29.0 Å².